The maximum absolute atomic E-state index is 6.43. The van der Waals surface area contributed by atoms with Crippen LogP contribution in [0.25, 0.3) is 5.65 Å². The third-order valence-electron chi connectivity index (χ3n) is 4.11. The van der Waals surface area contributed by atoms with Crippen LogP contribution in [-0.4, -0.2) is 14.6 Å². The van der Waals surface area contributed by atoms with Gasteiger partial charge in [0.2, 0.25) is 0 Å². The highest BCUT2D eigenvalue weighted by molar-refractivity contribution is 6.30. The highest BCUT2D eigenvalue weighted by atomic mass is 35.5. The van der Waals surface area contributed by atoms with Crippen LogP contribution in [0.4, 0.5) is 0 Å². The third-order valence-corrected chi connectivity index (χ3v) is 4.49. The van der Waals surface area contributed by atoms with Crippen molar-refractivity contribution < 1.29 is 0 Å². The molecule has 0 radical (unpaired) electrons. The first-order valence-electron chi connectivity index (χ1n) is 6.40. The normalized spacial score (nSPS) is 19.6. The maximum atomic E-state index is 6.43. The molecular weight excluding hydrogens is 234 g/mol. The summed E-state index contributed by atoms with van der Waals surface area (Å²) < 4.78 is 1.83. The van der Waals surface area contributed by atoms with E-state index in [9.17, 15) is 0 Å². The minimum Gasteiger partial charge on any atom is -0.233 e. The summed E-state index contributed by atoms with van der Waals surface area (Å²) in [6.07, 6.45) is 7.15. The maximum Gasteiger partial charge on any atom is 0.157 e. The van der Waals surface area contributed by atoms with E-state index < -0.39 is 0 Å². The van der Waals surface area contributed by atoms with Gasteiger partial charge in [0.15, 0.2) is 5.65 Å². The zero-order valence-corrected chi connectivity index (χ0v) is 10.4. The van der Waals surface area contributed by atoms with E-state index in [2.05, 4.69) is 11.2 Å². The van der Waals surface area contributed by atoms with Gasteiger partial charge in [-0.2, -0.15) is 5.10 Å². The molecule has 0 unspecified atom stereocenters. The number of hydrogen-bond donors (Lipinski definition) is 0. The van der Waals surface area contributed by atoms with E-state index in [1.165, 1.54) is 42.6 Å². The zero-order valence-electron chi connectivity index (χ0n) is 9.62. The Hall–Kier alpha value is -1.09. The van der Waals surface area contributed by atoms with Crippen molar-refractivity contribution in [2.45, 2.75) is 44.4 Å². The number of nitrogens with zero attached hydrogens (tertiary/aromatic N) is 3. The Morgan fingerprint density at radius 2 is 2.12 bits per heavy atom. The van der Waals surface area contributed by atoms with Crippen LogP contribution in [-0.2, 0) is 12.8 Å². The lowest BCUT2D eigenvalue weighted by atomic mass is 9.83. The summed E-state index contributed by atoms with van der Waals surface area (Å²) in [6, 6.07) is 2.12. The van der Waals surface area contributed by atoms with Crippen LogP contribution in [0.1, 0.15) is 48.6 Å². The Bertz CT molecular complexity index is 598. The average Bonchev–Trinajstić information content (AvgIpc) is 2.82. The average molecular weight is 248 g/mol. The molecule has 0 saturated heterocycles. The van der Waals surface area contributed by atoms with Crippen LogP contribution in [0.2, 0.25) is 5.15 Å². The van der Waals surface area contributed by atoms with Crippen LogP contribution in [0.15, 0.2) is 6.07 Å². The predicted octanol–water partition coefficient (Wildman–Crippen LogP) is 3.14. The lowest BCUT2D eigenvalue weighted by Gasteiger charge is -2.22. The highest BCUT2D eigenvalue weighted by Gasteiger charge is 2.25. The van der Waals surface area contributed by atoms with Crippen molar-refractivity contribution in [2.24, 2.45) is 0 Å². The van der Waals surface area contributed by atoms with Crippen molar-refractivity contribution in [3.8, 4) is 0 Å². The fourth-order valence-corrected chi connectivity index (χ4v) is 3.18. The second-order valence-electron chi connectivity index (χ2n) is 5.15. The molecule has 4 heteroatoms. The van der Waals surface area contributed by atoms with Crippen LogP contribution in [0.5, 0.6) is 0 Å². The lowest BCUT2D eigenvalue weighted by Crippen LogP contribution is -2.09. The van der Waals surface area contributed by atoms with Crippen LogP contribution in [0.3, 0.4) is 0 Å². The van der Waals surface area contributed by atoms with E-state index >= 15 is 0 Å². The monoisotopic (exact) mass is 247 g/mol. The molecule has 0 aliphatic heterocycles. The molecule has 17 heavy (non-hydrogen) atoms. The molecule has 2 heterocycles. The van der Waals surface area contributed by atoms with E-state index in [0.717, 1.165) is 23.6 Å². The predicted molar refractivity (Wildman–Crippen MR) is 66.6 cm³/mol. The SMILES string of the molecule is Clc1c2c(nc3cc(C4CCC4)nn13)CCC2. The van der Waals surface area contributed by atoms with Gasteiger partial charge in [-0.1, -0.05) is 18.0 Å². The molecule has 0 N–H and O–H groups in total. The summed E-state index contributed by atoms with van der Waals surface area (Å²) in [7, 11) is 0. The molecular formula is C13H14ClN3. The largest absolute Gasteiger partial charge is 0.233 e. The molecule has 0 bridgehead atoms. The summed E-state index contributed by atoms with van der Waals surface area (Å²) in [5, 5.41) is 5.42. The second-order valence-corrected chi connectivity index (χ2v) is 5.51. The minimum absolute atomic E-state index is 0.641. The number of fused-ring (bicyclic) bond motifs is 2. The topological polar surface area (TPSA) is 30.2 Å². The standard InChI is InChI=1S/C13H14ClN3/c14-13-9-5-2-6-10(9)15-12-7-11(16-17(12)13)8-3-1-4-8/h7-8H,1-6H2. The van der Waals surface area contributed by atoms with Gasteiger partial charge in [0.05, 0.1) is 5.69 Å². The van der Waals surface area contributed by atoms with E-state index in [1.807, 2.05) is 4.52 Å². The third kappa shape index (κ3) is 1.35. The molecule has 0 amide bonds. The van der Waals surface area contributed by atoms with Crippen LogP contribution < -0.4 is 0 Å². The molecule has 4 rings (SSSR count). The number of halogens is 1. The van der Waals surface area contributed by atoms with Crippen molar-refractivity contribution in [1.82, 2.24) is 14.6 Å². The Morgan fingerprint density at radius 1 is 1.24 bits per heavy atom. The fourth-order valence-electron chi connectivity index (χ4n) is 2.86. The molecule has 0 atom stereocenters. The highest BCUT2D eigenvalue weighted by Crippen LogP contribution is 2.37. The molecule has 1 saturated carbocycles. The number of hydrogen-bond acceptors (Lipinski definition) is 2. The molecule has 2 aliphatic rings. The zero-order chi connectivity index (χ0) is 11.4. The molecule has 2 aromatic heterocycles. The number of rotatable bonds is 1. The smallest absolute Gasteiger partial charge is 0.157 e. The second kappa shape index (κ2) is 3.45. The van der Waals surface area contributed by atoms with Gasteiger partial charge in [0, 0.05) is 23.2 Å². The molecule has 1 fully saturated rings. The summed E-state index contributed by atoms with van der Waals surface area (Å²) in [5.74, 6) is 0.641. The van der Waals surface area contributed by atoms with Gasteiger partial charge in [-0.25, -0.2) is 9.50 Å². The van der Waals surface area contributed by atoms with E-state index in [4.69, 9.17) is 16.6 Å². The van der Waals surface area contributed by atoms with E-state index in [1.54, 1.807) is 0 Å². The van der Waals surface area contributed by atoms with E-state index in [-0.39, 0.29) is 0 Å². The number of aromatic nitrogens is 3. The molecule has 2 aromatic rings. The Labute approximate surface area is 105 Å². The molecule has 2 aliphatic carbocycles. The summed E-state index contributed by atoms with van der Waals surface area (Å²) in [6.45, 7) is 0. The Kier molecular flexibility index (Phi) is 2.01. The van der Waals surface area contributed by atoms with Crippen LogP contribution >= 0.6 is 11.6 Å². The quantitative estimate of drug-likeness (QED) is 0.725. The van der Waals surface area contributed by atoms with Gasteiger partial charge in [-0.15, -0.1) is 0 Å². The summed E-state index contributed by atoms with van der Waals surface area (Å²) in [4.78, 5) is 4.69. The van der Waals surface area contributed by atoms with Crippen molar-refractivity contribution >= 4 is 17.2 Å². The van der Waals surface area contributed by atoms with Crippen molar-refractivity contribution in [1.29, 1.82) is 0 Å². The van der Waals surface area contributed by atoms with Crippen LogP contribution in [0, 0.1) is 0 Å². The Morgan fingerprint density at radius 3 is 2.88 bits per heavy atom. The first-order chi connectivity index (χ1) is 8.33. The van der Waals surface area contributed by atoms with Gasteiger partial charge in [0.1, 0.15) is 5.15 Å². The first kappa shape index (κ1) is 9.89. The molecule has 0 spiro atoms. The summed E-state index contributed by atoms with van der Waals surface area (Å²) >= 11 is 6.43. The van der Waals surface area contributed by atoms with Gasteiger partial charge in [0.25, 0.3) is 0 Å². The lowest BCUT2D eigenvalue weighted by molar-refractivity contribution is 0.409. The first-order valence-corrected chi connectivity index (χ1v) is 6.77. The minimum atomic E-state index is 0.641. The van der Waals surface area contributed by atoms with Crippen molar-refractivity contribution in [3.63, 3.8) is 0 Å². The van der Waals surface area contributed by atoms with Gasteiger partial charge < -0.3 is 0 Å². The van der Waals surface area contributed by atoms with Crippen molar-refractivity contribution in [2.75, 3.05) is 0 Å². The van der Waals surface area contributed by atoms with Gasteiger partial charge in [-0.3, -0.25) is 0 Å². The van der Waals surface area contributed by atoms with Crippen molar-refractivity contribution in [3.05, 3.63) is 28.2 Å². The fraction of sp³-hybridized carbons (Fsp3) is 0.538. The van der Waals surface area contributed by atoms with Gasteiger partial charge in [-0.05, 0) is 32.1 Å². The molecule has 0 aromatic carbocycles. The van der Waals surface area contributed by atoms with Gasteiger partial charge >= 0.3 is 0 Å². The van der Waals surface area contributed by atoms with E-state index in [0.29, 0.717) is 5.92 Å². The molecule has 88 valence electrons. The molecule has 3 nitrogen and oxygen atoms in total. The Balaban J connectivity index is 1.92. The number of aryl methyl sites for hydroxylation is 1. The summed E-state index contributed by atoms with van der Waals surface area (Å²) in [5.41, 5.74) is 4.50.